The summed E-state index contributed by atoms with van der Waals surface area (Å²) >= 11 is 0. The number of ether oxygens (including phenoxy) is 1. The minimum absolute atomic E-state index is 0.106. The van der Waals surface area contributed by atoms with E-state index in [0.717, 1.165) is 18.4 Å². The van der Waals surface area contributed by atoms with E-state index in [2.05, 4.69) is 0 Å². The highest BCUT2D eigenvalue weighted by Gasteiger charge is 2.34. The van der Waals surface area contributed by atoms with Crippen LogP contribution in [-0.2, 0) is 11.3 Å². The molecule has 0 radical (unpaired) electrons. The lowest BCUT2D eigenvalue weighted by Gasteiger charge is -2.36. The van der Waals surface area contributed by atoms with Crippen molar-refractivity contribution in [2.24, 2.45) is 0 Å². The molecule has 110 valence electrons. The van der Waals surface area contributed by atoms with Crippen LogP contribution in [0.3, 0.4) is 0 Å². The van der Waals surface area contributed by atoms with Gasteiger partial charge >= 0.3 is 0 Å². The van der Waals surface area contributed by atoms with E-state index in [0.29, 0.717) is 23.5 Å². The average molecular weight is 286 g/mol. The number of rotatable bonds is 4. The van der Waals surface area contributed by atoms with Gasteiger partial charge in [-0.2, -0.15) is 0 Å². The van der Waals surface area contributed by atoms with Crippen molar-refractivity contribution in [3.63, 3.8) is 0 Å². The van der Waals surface area contributed by atoms with Gasteiger partial charge < -0.3 is 16.2 Å². The second kappa shape index (κ2) is 5.74. The van der Waals surface area contributed by atoms with Crippen LogP contribution in [0.15, 0.2) is 42.5 Å². The summed E-state index contributed by atoms with van der Waals surface area (Å²) in [5.41, 5.74) is 14.2. The Morgan fingerprint density at radius 3 is 2.48 bits per heavy atom. The number of benzene rings is 2. The maximum absolute atomic E-state index is 13.9. The van der Waals surface area contributed by atoms with Gasteiger partial charge in [0, 0.05) is 5.56 Å². The molecule has 0 atom stereocenters. The second-order valence-corrected chi connectivity index (χ2v) is 5.55. The Kier molecular flexibility index (Phi) is 3.80. The maximum Gasteiger partial charge on any atom is 0.128 e. The van der Waals surface area contributed by atoms with Crippen molar-refractivity contribution in [2.75, 3.05) is 11.5 Å². The molecule has 4 heteroatoms. The van der Waals surface area contributed by atoms with E-state index in [1.807, 2.05) is 30.3 Å². The molecule has 0 spiro atoms. The Balaban J connectivity index is 1.58. The number of hydrogen-bond acceptors (Lipinski definition) is 3. The molecule has 0 amide bonds. The van der Waals surface area contributed by atoms with Crippen LogP contribution in [0, 0.1) is 5.82 Å². The van der Waals surface area contributed by atoms with Gasteiger partial charge in [0.15, 0.2) is 0 Å². The van der Waals surface area contributed by atoms with E-state index >= 15 is 0 Å². The van der Waals surface area contributed by atoms with Gasteiger partial charge in [0.05, 0.1) is 24.1 Å². The summed E-state index contributed by atoms with van der Waals surface area (Å²) < 4.78 is 19.7. The van der Waals surface area contributed by atoms with Crippen LogP contribution >= 0.6 is 0 Å². The standard InChI is InChI=1S/C17H19FN2O/c18-14-6-7-15(19)17(20)16(14)12-8-13(9-12)21-10-11-4-2-1-3-5-11/h1-7,12-13H,8-10,19-20H2. The van der Waals surface area contributed by atoms with E-state index in [1.165, 1.54) is 12.1 Å². The van der Waals surface area contributed by atoms with Gasteiger partial charge in [0.25, 0.3) is 0 Å². The predicted molar refractivity (Wildman–Crippen MR) is 82.2 cm³/mol. The quantitative estimate of drug-likeness (QED) is 0.846. The fourth-order valence-corrected chi connectivity index (χ4v) is 2.77. The van der Waals surface area contributed by atoms with Crippen molar-refractivity contribution in [1.29, 1.82) is 0 Å². The molecule has 21 heavy (non-hydrogen) atoms. The third-order valence-corrected chi connectivity index (χ3v) is 4.10. The zero-order valence-corrected chi connectivity index (χ0v) is 11.8. The highest BCUT2D eigenvalue weighted by molar-refractivity contribution is 5.68. The Morgan fingerprint density at radius 2 is 1.76 bits per heavy atom. The molecular weight excluding hydrogens is 267 g/mol. The molecule has 0 bridgehead atoms. The lowest BCUT2D eigenvalue weighted by Crippen LogP contribution is -2.31. The number of halogens is 1. The molecule has 3 rings (SSSR count). The summed E-state index contributed by atoms with van der Waals surface area (Å²) in [5, 5.41) is 0. The van der Waals surface area contributed by atoms with Crippen LogP contribution in [0.5, 0.6) is 0 Å². The van der Waals surface area contributed by atoms with E-state index in [-0.39, 0.29) is 17.8 Å². The van der Waals surface area contributed by atoms with Crippen LogP contribution in [0.2, 0.25) is 0 Å². The first-order valence-corrected chi connectivity index (χ1v) is 7.14. The maximum atomic E-state index is 13.9. The summed E-state index contributed by atoms with van der Waals surface area (Å²) in [7, 11) is 0. The minimum atomic E-state index is -0.270. The molecule has 1 saturated carbocycles. The summed E-state index contributed by atoms with van der Waals surface area (Å²) in [6.07, 6.45) is 1.74. The highest BCUT2D eigenvalue weighted by atomic mass is 19.1. The largest absolute Gasteiger partial charge is 0.397 e. The summed E-state index contributed by atoms with van der Waals surface area (Å²) in [6.45, 7) is 0.590. The molecule has 3 nitrogen and oxygen atoms in total. The smallest absolute Gasteiger partial charge is 0.128 e. The van der Waals surface area contributed by atoms with E-state index in [9.17, 15) is 4.39 Å². The summed E-state index contributed by atoms with van der Waals surface area (Å²) in [5.74, 6) is -0.164. The van der Waals surface area contributed by atoms with Crippen LogP contribution < -0.4 is 11.5 Å². The lowest BCUT2D eigenvalue weighted by molar-refractivity contribution is -0.0211. The monoisotopic (exact) mass is 286 g/mol. The van der Waals surface area contributed by atoms with Crippen molar-refractivity contribution in [2.45, 2.75) is 31.5 Å². The number of anilines is 2. The molecule has 1 aliphatic rings. The molecule has 2 aromatic rings. The van der Waals surface area contributed by atoms with Crippen molar-refractivity contribution in [3.8, 4) is 0 Å². The van der Waals surface area contributed by atoms with Crippen LogP contribution in [0.4, 0.5) is 15.8 Å². The molecule has 1 aliphatic carbocycles. The minimum Gasteiger partial charge on any atom is -0.397 e. The number of nitrogen functional groups attached to an aromatic ring is 2. The molecule has 2 aromatic carbocycles. The van der Waals surface area contributed by atoms with Crippen molar-refractivity contribution < 1.29 is 9.13 Å². The zero-order valence-electron chi connectivity index (χ0n) is 11.8. The highest BCUT2D eigenvalue weighted by Crippen LogP contribution is 2.43. The molecule has 0 heterocycles. The van der Waals surface area contributed by atoms with Crippen LogP contribution in [0.1, 0.15) is 29.9 Å². The Hall–Kier alpha value is -2.07. The molecule has 0 saturated heterocycles. The van der Waals surface area contributed by atoms with E-state index in [1.54, 1.807) is 0 Å². The van der Waals surface area contributed by atoms with Gasteiger partial charge in [-0.3, -0.25) is 0 Å². The summed E-state index contributed by atoms with van der Waals surface area (Å²) in [4.78, 5) is 0. The number of hydrogen-bond donors (Lipinski definition) is 2. The number of nitrogens with two attached hydrogens (primary N) is 2. The lowest BCUT2D eigenvalue weighted by atomic mass is 9.76. The van der Waals surface area contributed by atoms with Gasteiger partial charge in [0.2, 0.25) is 0 Å². The van der Waals surface area contributed by atoms with Crippen molar-refractivity contribution >= 4 is 11.4 Å². The van der Waals surface area contributed by atoms with E-state index in [4.69, 9.17) is 16.2 Å². The SMILES string of the molecule is Nc1ccc(F)c(C2CC(OCc3ccccc3)C2)c1N. The average Bonchev–Trinajstić information content (AvgIpc) is 2.45. The summed E-state index contributed by atoms with van der Waals surface area (Å²) in [6, 6.07) is 12.9. The first-order valence-electron chi connectivity index (χ1n) is 7.14. The zero-order chi connectivity index (χ0) is 14.8. The van der Waals surface area contributed by atoms with Gasteiger partial charge in [-0.05, 0) is 36.5 Å². The fraction of sp³-hybridized carbons (Fsp3) is 0.294. The molecule has 0 unspecified atom stereocenters. The van der Waals surface area contributed by atoms with Gasteiger partial charge in [-0.15, -0.1) is 0 Å². The van der Waals surface area contributed by atoms with Gasteiger partial charge in [-0.1, -0.05) is 30.3 Å². The van der Waals surface area contributed by atoms with Crippen molar-refractivity contribution in [3.05, 3.63) is 59.4 Å². The molecule has 0 aliphatic heterocycles. The van der Waals surface area contributed by atoms with Gasteiger partial charge in [0.1, 0.15) is 5.82 Å². The van der Waals surface area contributed by atoms with Crippen molar-refractivity contribution in [1.82, 2.24) is 0 Å². The molecule has 0 aromatic heterocycles. The van der Waals surface area contributed by atoms with Gasteiger partial charge in [-0.25, -0.2) is 4.39 Å². The van der Waals surface area contributed by atoms with Crippen LogP contribution in [0.25, 0.3) is 0 Å². The molecular formula is C17H19FN2O. The third kappa shape index (κ3) is 2.85. The Morgan fingerprint density at radius 1 is 1.05 bits per heavy atom. The molecule has 4 N–H and O–H groups in total. The Labute approximate surface area is 123 Å². The normalized spacial score (nSPS) is 21.0. The third-order valence-electron chi connectivity index (χ3n) is 4.10. The first kappa shape index (κ1) is 13.9. The molecule has 1 fully saturated rings. The van der Waals surface area contributed by atoms with E-state index < -0.39 is 0 Å². The predicted octanol–water partition coefficient (Wildman–Crippen LogP) is 3.45. The fourth-order valence-electron chi connectivity index (χ4n) is 2.77. The Bertz CT molecular complexity index is 624. The topological polar surface area (TPSA) is 61.3 Å². The second-order valence-electron chi connectivity index (χ2n) is 5.55. The first-order chi connectivity index (χ1) is 10.1. The van der Waals surface area contributed by atoms with Crippen LogP contribution in [-0.4, -0.2) is 6.10 Å².